The van der Waals surface area contributed by atoms with Gasteiger partial charge in [-0.05, 0) is 48.2 Å². The van der Waals surface area contributed by atoms with Gasteiger partial charge in [-0.1, -0.05) is 60.7 Å². The molecule has 3 heteroatoms. The Hall–Kier alpha value is -2.81. The number of carbonyl (C=O) groups excluding carboxylic acids is 1. The van der Waals surface area contributed by atoms with Gasteiger partial charge in [0, 0.05) is 6.42 Å². The minimum absolute atomic E-state index is 0.0328. The number of hydrogen-bond acceptors (Lipinski definition) is 2. The number of rotatable bonds is 7. The molecule has 0 fully saturated rings. The van der Waals surface area contributed by atoms with Crippen LogP contribution in [-0.2, 0) is 11.2 Å². The van der Waals surface area contributed by atoms with Gasteiger partial charge < -0.3 is 10.1 Å². The van der Waals surface area contributed by atoms with E-state index in [1.807, 2.05) is 56.3 Å². The minimum atomic E-state index is -0.0328. The number of carbonyl (C=O) groups is 1. The van der Waals surface area contributed by atoms with Gasteiger partial charge in [0.2, 0.25) is 5.91 Å². The molecule has 0 heterocycles. The van der Waals surface area contributed by atoms with Gasteiger partial charge in [0.1, 0.15) is 12.4 Å². The molecule has 0 spiro atoms. The molecule has 26 heavy (non-hydrogen) atoms. The Morgan fingerprint density at radius 1 is 1.00 bits per heavy atom. The van der Waals surface area contributed by atoms with E-state index in [0.717, 1.165) is 17.7 Å². The molecule has 0 aliphatic rings. The van der Waals surface area contributed by atoms with E-state index in [4.69, 9.17) is 4.74 Å². The quantitative estimate of drug-likeness (QED) is 0.675. The second kappa shape index (κ2) is 8.52. The van der Waals surface area contributed by atoms with Crippen molar-refractivity contribution in [3.05, 3.63) is 77.9 Å². The van der Waals surface area contributed by atoms with Crippen LogP contribution in [0.25, 0.3) is 10.8 Å². The summed E-state index contributed by atoms with van der Waals surface area (Å²) in [4.78, 5) is 12.3. The van der Waals surface area contributed by atoms with Crippen molar-refractivity contribution < 1.29 is 9.53 Å². The zero-order valence-electron chi connectivity index (χ0n) is 15.4. The van der Waals surface area contributed by atoms with E-state index in [1.54, 1.807) is 0 Å². The lowest BCUT2D eigenvalue weighted by Crippen LogP contribution is -2.36. The molecule has 0 saturated carbocycles. The molecule has 3 rings (SSSR count). The fraction of sp³-hybridized carbons (Fsp3) is 0.261. The molecule has 0 saturated heterocycles. The number of hydrogen-bond donors (Lipinski definition) is 1. The van der Waals surface area contributed by atoms with E-state index in [-0.39, 0.29) is 11.9 Å². The van der Waals surface area contributed by atoms with Gasteiger partial charge in [0.05, 0.1) is 6.04 Å². The van der Waals surface area contributed by atoms with E-state index in [2.05, 4.69) is 29.6 Å². The molecule has 3 nitrogen and oxygen atoms in total. The van der Waals surface area contributed by atoms with Crippen LogP contribution in [0.3, 0.4) is 0 Å². The van der Waals surface area contributed by atoms with Crippen LogP contribution in [0.4, 0.5) is 0 Å². The molecule has 0 radical (unpaired) electrons. The van der Waals surface area contributed by atoms with Crippen molar-refractivity contribution in [2.75, 3.05) is 6.61 Å². The van der Waals surface area contributed by atoms with E-state index in [9.17, 15) is 4.79 Å². The smallest absolute Gasteiger partial charge is 0.220 e. The summed E-state index contributed by atoms with van der Waals surface area (Å²) >= 11 is 0. The first-order valence-electron chi connectivity index (χ1n) is 9.08. The average Bonchev–Trinajstić information content (AvgIpc) is 2.65. The lowest BCUT2D eigenvalue weighted by Gasteiger charge is -2.16. The Kier molecular flexibility index (Phi) is 5.90. The third-order valence-corrected chi connectivity index (χ3v) is 4.49. The lowest BCUT2D eigenvalue weighted by molar-refractivity contribution is -0.121. The number of aryl methyl sites for hydroxylation is 2. The zero-order valence-corrected chi connectivity index (χ0v) is 15.4. The van der Waals surface area contributed by atoms with Gasteiger partial charge in [-0.2, -0.15) is 0 Å². The summed E-state index contributed by atoms with van der Waals surface area (Å²) in [6.07, 6.45) is 1.21. The van der Waals surface area contributed by atoms with E-state index in [0.29, 0.717) is 13.0 Å². The van der Waals surface area contributed by atoms with Crippen LogP contribution in [0, 0.1) is 6.92 Å². The highest BCUT2D eigenvalue weighted by atomic mass is 16.5. The average molecular weight is 347 g/mol. The van der Waals surface area contributed by atoms with Crippen molar-refractivity contribution in [1.29, 1.82) is 0 Å². The molecule has 0 aliphatic heterocycles. The summed E-state index contributed by atoms with van der Waals surface area (Å²) in [6, 6.07) is 22.4. The van der Waals surface area contributed by atoms with Crippen molar-refractivity contribution in [2.45, 2.75) is 32.7 Å². The van der Waals surface area contributed by atoms with Crippen LogP contribution in [0.15, 0.2) is 66.7 Å². The third-order valence-electron chi connectivity index (χ3n) is 4.49. The fourth-order valence-corrected chi connectivity index (χ4v) is 3.08. The van der Waals surface area contributed by atoms with Crippen LogP contribution in [0.5, 0.6) is 5.75 Å². The summed E-state index contributed by atoms with van der Waals surface area (Å²) in [5.41, 5.74) is 2.31. The van der Waals surface area contributed by atoms with Gasteiger partial charge in [0.15, 0.2) is 0 Å². The standard InChI is InChI=1S/C23H25NO2/c1-17-8-3-6-13-22(17)26-16-18(2)24-23(25)15-14-20-11-7-10-19-9-4-5-12-21(19)20/h3-13,18H,14-16H2,1-2H3,(H,24,25)/t18-/m1/s1. The first kappa shape index (κ1) is 18.0. The molecule has 3 aromatic carbocycles. The molecule has 0 unspecified atom stereocenters. The molecule has 0 bridgehead atoms. The summed E-state index contributed by atoms with van der Waals surface area (Å²) < 4.78 is 5.81. The van der Waals surface area contributed by atoms with Crippen molar-refractivity contribution in [2.24, 2.45) is 0 Å². The number of benzene rings is 3. The second-order valence-corrected chi connectivity index (χ2v) is 6.68. The molecule has 134 valence electrons. The fourth-order valence-electron chi connectivity index (χ4n) is 3.08. The van der Waals surface area contributed by atoms with Gasteiger partial charge in [-0.15, -0.1) is 0 Å². The largest absolute Gasteiger partial charge is 0.491 e. The predicted octanol–water partition coefficient (Wildman–Crippen LogP) is 4.66. The van der Waals surface area contributed by atoms with Crippen molar-refractivity contribution in [1.82, 2.24) is 5.32 Å². The van der Waals surface area contributed by atoms with Crippen LogP contribution in [-0.4, -0.2) is 18.6 Å². The number of fused-ring (bicyclic) bond motifs is 1. The molecule has 1 amide bonds. The Morgan fingerprint density at radius 2 is 1.73 bits per heavy atom. The summed E-state index contributed by atoms with van der Waals surface area (Å²) in [6.45, 7) is 4.45. The number of ether oxygens (including phenoxy) is 1. The van der Waals surface area contributed by atoms with E-state index in [1.165, 1.54) is 16.3 Å². The topological polar surface area (TPSA) is 38.3 Å². The monoisotopic (exact) mass is 347 g/mol. The van der Waals surface area contributed by atoms with E-state index < -0.39 is 0 Å². The third kappa shape index (κ3) is 4.63. The Labute approximate surface area is 155 Å². The van der Waals surface area contributed by atoms with E-state index >= 15 is 0 Å². The maximum Gasteiger partial charge on any atom is 0.220 e. The Balaban J connectivity index is 1.50. The number of amides is 1. The maximum atomic E-state index is 12.3. The summed E-state index contributed by atoms with van der Waals surface area (Å²) in [5.74, 6) is 0.920. The normalized spacial score (nSPS) is 11.9. The van der Waals surface area contributed by atoms with Gasteiger partial charge in [0.25, 0.3) is 0 Å². The Morgan fingerprint density at radius 3 is 2.58 bits per heavy atom. The molecule has 0 aliphatic carbocycles. The van der Waals surface area contributed by atoms with Crippen LogP contribution in [0.1, 0.15) is 24.5 Å². The second-order valence-electron chi connectivity index (χ2n) is 6.68. The van der Waals surface area contributed by atoms with Crippen LogP contribution < -0.4 is 10.1 Å². The molecule has 3 aromatic rings. The van der Waals surface area contributed by atoms with Gasteiger partial charge in [-0.25, -0.2) is 0 Å². The summed E-state index contributed by atoms with van der Waals surface area (Å²) in [5, 5.41) is 5.46. The summed E-state index contributed by atoms with van der Waals surface area (Å²) in [7, 11) is 0. The minimum Gasteiger partial charge on any atom is -0.491 e. The molecular weight excluding hydrogens is 322 g/mol. The lowest BCUT2D eigenvalue weighted by atomic mass is 10.0. The van der Waals surface area contributed by atoms with Crippen LogP contribution >= 0.6 is 0 Å². The van der Waals surface area contributed by atoms with Gasteiger partial charge >= 0.3 is 0 Å². The van der Waals surface area contributed by atoms with Crippen molar-refractivity contribution in [3.8, 4) is 5.75 Å². The first-order chi connectivity index (χ1) is 12.6. The number of nitrogens with one attached hydrogen (secondary N) is 1. The SMILES string of the molecule is Cc1ccccc1OC[C@@H](C)NC(=O)CCc1cccc2ccccc12. The number of para-hydroxylation sites is 1. The molecular formula is C23H25NO2. The highest BCUT2D eigenvalue weighted by molar-refractivity contribution is 5.86. The van der Waals surface area contributed by atoms with Crippen molar-refractivity contribution >= 4 is 16.7 Å². The van der Waals surface area contributed by atoms with Crippen LogP contribution in [0.2, 0.25) is 0 Å². The molecule has 1 atom stereocenters. The Bertz CT molecular complexity index is 883. The molecule has 1 N–H and O–H groups in total. The molecule has 0 aromatic heterocycles. The predicted molar refractivity (Wildman–Crippen MR) is 107 cm³/mol. The highest BCUT2D eigenvalue weighted by Crippen LogP contribution is 2.20. The zero-order chi connectivity index (χ0) is 18.4. The first-order valence-corrected chi connectivity index (χ1v) is 9.08. The highest BCUT2D eigenvalue weighted by Gasteiger charge is 2.10. The van der Waals surface area contributed by atoms with Gasteiger partial charge in [-0.3, -0.25) is 4.79 Å². The van der Waals surface area contributed by atoms with Crippen molar-refractivity contribution in [3.63, 3.8) is 0 Å². The maximum absolute atomic E-state index is 12.3.